The molecule has 0 saturated carbocycles. The van der Waals surface area contributed by atoms with Crippen molar-refractivity contribution < 1.29 is 55.7 Å². The number of rotatable bonds is 13. The molecule has 5 N–H and O–H groups in total. The number of benzene rings is 1. The Balaban J connectivity index is 2.38. The lowest BCUT2D eigenvalue weighted by molar-refractivity contribution is -0.220. The number of halogens is 5. The third-order valence-electron chi connectivity index (χ3n) is 7.26. The molecule has 1 aromatic heterocycles. The number of hydrogen-bond acceptors (Lipinski definition) is 10. The molecule has 3 atom stereocenters. The fourth-order valence-electron chi connectivity index (χ4n) is 4.30. The summed E-state index contributed by atoms with van der Waals surface area (Å²) in [6, 6.07) is -0.0570. The highest BCUT2D eigenvalue weighted by Gasteiger charge is 2.55. The van der Waals surface area contributed by atoms with Gasteiger partial charge in [0.05, 0.1) is 25.7 Å². The van der Waals surface area contributed by atoms with Gasteiger partial charge in [0.25, 0.3) is 5.91 Å². The summed E-state index contributed by atoms with van der Waals surface area (Å²) in [6.07, 6.45) is -6.19. The Bertz CT molecular complexity index is 1450. The van der Waals surface area contributed by atoms with Crippen LogP contribution < -0.4 is 21.4 Å². The Morgan fingerprint density at radius 2 is 1.39 bits per heavy atom. The second-order valence-electron chi connectivity index (χ2n) is 12.5. The average molecular weight is 706 g/mol. The SMILES string of the molecule is COC(=O)NC(C(=O)NC[C@@H](O)CN(Cc1c(F)cc(-c2ncccn2)cc1F)NC(=O)[C@@H](NC(=O)OC)C(C)(C)C)C(C)(C)C(F)(F)F. The van der Waals surface area contributed by atoms with E-state index in [0.717, 1.165) is 31.4 Å². The number of aliphatic hydroxyl groups excluding tert-OH is 1. The minimum atomic E-state index is -4.96. The fraction of sp³-hybridized carbons (Fsp3) is 0.533. The van der Waals surface area contributed by atoms with Crippen molar-refractivity contribution >= 4 is 24.0 Å². The van der Waals surface area contributed by atoms with E-state index in [2.05, 4.69) is 35.5 Å². The van der Waals surface area contributed by atoms with Crippen LogP contribution in [0.2, 0.25) is 0 Å². The number of alkyl carbamates (subject to hydrolysis) is 2. The van der Waals surface area contributed by atoms with E-state index in [1.165, 1.54) is 18.5 Å². The van der Waals surface area contributed by atoms with Crippen molar-refractivity contribution in [3.05, 3.63) is 47.8 Å². The summed E-state index contributed by atoms with van der Waals surface area (Å²) < 4.78 is 80.9. The summed E-state index contributed by atoms with van der Waals surface area (Å²) in [5, 5.41) is 18.0. The molecule has 1 unspecified atom stereocenters. The molecule has 0 aliphatic rings. The second-order valence-corrected chi connectivity index (χ2v) is 12.5. The number of amides is 4. The fourth-order valence-corrected chi connectivity index (χ4v) is 4.30. The zero-order valence-corrected chi connectivity index (χ0v) is 27.9. The number of nitrogens with zero attached hydrogens (tertiary/aromatic N) is 3. The van der Waals surface area contributed by atoms with E-state index in [-0.39, 0.29) is 11.4 Å². The van der Waals surface area contributed by atoms with Gasteiger partial charge in [-0.25, -0.2) is 33.3 Å². The molecule has 0 aliphatic carbocycles. The minimum absolute atomic E-state index is 0.00431. The number of carbonyl (C=O) groups is 4. The van der Waals surface area contributed by atoms with Crippen LogP contribution in [0.25, 0.3) is 11.4 Å². The first-order valence-corrected chi connectivity index (χ1v) is 14.6. The minimum Gasteiger partial charge on any atom is -0.453 e. The van der Waals surface area contributed by atoms with Crippen LogP contribution in [-0.2, 0) is 25.6 Å². The molecule has 0 spiro atoms. The van der Waals surface area contributed by atoms with Crippen molar-refractivity contribution in [3.63, 3.8) is 0 Å². The van der Waals surface area contributed by atoms with Crippen molar-refractivity contribution in [1.82, 2.24) is 36.4 Å². The first-order chi connectivity index (χ1) is 22.6. The van der Waals surface area contributed by atoms with Crippen LogP contribution >= 0.6 is 0 Å². The maximum Gasteiger partial charge on any atom is 0.407 e. The highest BCUT2D eigenvalue weighted by Crippen LogP contribution is 2.40. The van der Waals surface area contributed by atoms with E-state index in [0.29, 0.717) is 13.8 Å². The monoisotopic (exact) mass is 705 g/mol. The lowest BCUT2D eigenvalue weighted by Gasteiger charge is -2.35. The molecule has 0 radical (unpaired) electrons. The largest absolute Gasteiger partial charge is 0.453 e. The Labute approximate surface area is 279 Å². The Hall–Kier alpha value is -4.65. The van der Waals surface area contributed by atoms with E-state index in [9.17, 15) is 37.5 Å². The van der Waals surface area contributed by atoms with Gasteiger partial charge >= 0.3 is 18.4 Å². The molecular formula is C30H40F5N7O7. The summed E-state index contributed by atoms with van der Waals surface area (Å²) in [4.78, 5) is 57.9. The van der Waals surface area contributed by atoms with Gasteiger partial charge in [0.15, 0.2) is 5.82 Å². The van der Waals surface area contributed by atoms with Gasteiger partial charge in [-0.2, -0.15) is 13.2 Å². The van der Waals surface area contributed by atoms with Crippen LogP contribution in [0.3, 0.4) is 0 Å². The van der Waals surface area contributed by atoms with E-state index in [1.807, 2.05) is 5.32 Å². The van der Waals surface area contributed by atoms with E-state index in [1.54, 1.807) is 20.8 Å². The van der Waals surface area contributed by atoms with Crippen LogP contribution in [0.4, 0.5) is 31.5 Å². The van der Waals surface area contributed by atoms with E-state index in [4.69, 9.17) is 0 Å². The molecule has 272 valence electrons. The maximum absolute atomic E-state index is 15.3. The van der Waals surface area contributed by atoms with Crippen molar-refractivity contribution in [2.75, 3.05) is 27.3 Å². The lowest BCUT2D eigenvalue weighted by atomic mass is 9.83. The van der Waals surface area contributed by atoms with Crippen LogP contribution in [-0.4, -0.2) is 95.8 Å². The topological polar surface area (TPSA) is 184 Å². The molecule has 0 bridgehead atoms. The van der Waals surface area contributed by atoms with Gasteiger partial charge in [0.1, 0.15) is 23.7 Å². The standard InChI is InChI=1S/C30H40F5N7O7/c1-28(2,3)21(39-26(46)48-6)25(45)41-42(15-18-19(31)11-16(12-20(18)32)23-36-9-8-10-37-23)14-17(43)13-38-24(44)22(40-27(47)49-7)29(4,5)30(33,34)35/h8-12,17,21-22,43H,13-15H2,1-7H3,(H,38,44)(H,39,46)(H,40,47)(H,41,45)/t17-,21-,22?/m1/s1. The molecule has 0 fully saturated rings. The van der Waals surface area contributed by atoms with Crippen molar-refractivity contribution in [3.8, 4) is 11.4 Å². The number of carbonyl (C=O) groups excluding carboxylic acids is 4. The lowest BCUT2D eigenvalue weighted by Crippen LogP contribution is -2.60. The van der Waals surface area contributed by atoms with Gasteiger partial charge in [-0.05, 0) is 37.5 Å². The first-order valence-electron chi connectivity index (χ1n) is 14.6. The van der Waals surface area contributed by atoms with Gasteiger partial charge in [0.2, 0.25) is 5.91 Å². The quantitative estimate of drug-likeness (QED) is 0.153. The van der Waals surface area contributed by atoms with Gasteiger partial charge in [-0.15, -0.1) is 0 Å². The van der Waals surface area contributed by atoms with Gasteiger partial charge in [-0.1, -0.05) is 20.8 Å². The molecule has 19 heteroatoms. The number of hydrazine groups is 1. The Kier molecular flexibility index (Phi) is 13.8. The number of aromatic nitrogens is 2. The van der Waals surface area contributed by atoms with E-state index < -0.39 is 96.0 Å². The summed E-state index contributed by atoms with van der Waals surface area (Å²) in [7, 11) is 1.96. The number of alkyl halides is 3. The third kappa shape index (κ3) is 11.2. The predicted octanol–water partition coefficient (Wildman–Crippen LogP) is 2.82. The molecule has 2 aromatic rings. The smallest absolute Gasteiger partial charge is 0.407 e. The molecular weight excluding hydrogens is 665 g/mol. The zero-order chi connectivity index (χ0) is 37.3. The molecule has 0 aliphatic heterocycles. The molecule has 14 nitrogen and oxygen atoms in total. The first kappa shape index (κ1) is 40.5. The number of hydrogen-bond donors (Lipinski definition) is 5. The number of methoxy groups -OCH3 is 2. The van der Waals surface area contributed by atoms with Crippen LogP contribution in [0.15, 0.2) is 30.6 Å². The number of aliphatic hydroxyl groups is 1. The zero-order valence-electron chi connectivity index (χ0n) is 27.9. The summed E-state index contributed by atoms with van der Waals surface area (Å²) >= 11 is 0. The van der Waals surface area contributed by atoms with Crippen molar-refractivity contribution in [2.45, 2.75) is 65.5 Å². The second kappa shape index (κ2) is 16.6. The van der Waals surface area contributed by atoms with Gasteiger partial charge < -0.3 is 30.5 Å². The molecule has 4 amide bonds. The van der Waals surface area contributed by atoms with Gasteiger partial charge in [-0.3, -0.25) is 15.0 Å². The maximum atomic E-state index is 15.3. The normalized spacial score (nSPS) is 13.9. The predicted molar refractivity (Wildman–Crippen MR) is 163 cm³/mol. The highest BCUT2D eigenvalue weighted by molar-refractivity contribution is 5.87. The van der Waals surface area contributed by atoms with Crippen LogP contribution in [0, 0.1) is 22.5 Å². The average Bonchev–Trinajstić information content (AvgIpc) is 3.01. The highest BCUT2D eigenvalue weighted by atomic mass is 19.4. The molecule has 1 heterocycles. The van der Waals surface area contributed by atoms with Gasteiger partial charge in [0, 0.05) is 43.2 Å². The molecule has 2 rings (SSSR count). The molecule has 49 heavy (non-hydrogen) atoms. The summed E-state index contributed by atoms with van der Waals surface area (Å²) in [5.41, 5.74) is -1.90. The molecule has 1 aromatic carbocycles. The van der Waals surface area contributed by atoms with Crippen LogP contribution in [0.5, 0.6) is 0 Å². The Morgan fingerprint density at radius 1 is 0.878 bits per heavy atom. The van der Waals surface area contributed by atoms with Crippen molar-refractivity contribution in [1.29, 1.82) is 0 Å². The summed E-state index contributed by atoms with van der Waals surface area (Å²) in [5.74, 6) is -4.35. The summed E-state index contributed by atoms with van der Waals surface area (Å²) in [6.45, 7) is 4.05. The number of ether oxygens (including phenoxy) is 2. The van der Waals surface area contributed by atoms with Crippen LogP contribution in [0.1, 0.15) is 40.2 Å². The molecule has 0 saturated heterocycles. The number of nitrogens with one attached hydrogen (secondary N) is 4. The van der Waals surface area contributed by atoms with E-state index >= 15 is 8.78 Å². The van der Waals surface area contributed by atoms with Crippen molar-refractivity contribution in [2.24, 2.45) is 10.8 Å². The Morgan fingerprint density at radius 3 is 1.86 bits per heavy atom. The third-order valence-corrected chi connectivity index (χ3v) is 7.26.